The van der Waals surface area contributed by atoms with Crippen LogP contribution in [-0.2, 0) is 16.4 Å². The van der Waals surface area contributed by atoms with Gasteiger partial charge in [-0.3, -0.25) is 0 Å². The molecule has 3 rings (SSSR count). The van der Waals surface area contributed by atoms with E-state index in [1.807, 2.05) is 0 Å². The molecule has 1 aromatic rings. The summed E-state index contributed by atoms with van der Waals surface area (Å²) in [6.07, 6.45) is 4.32. The van der Waals surface area contributed by atoms with Crippen LogP contribution >= 0.6 is 0 Å². The molecule has 0 saturated carbocycles. The van der Waals surface area contributed by atoms with Crippen molar-refractivity contribution in [2.75, 3.05) is 19.3 Å². The standard InChI is InChI=1S/C16H23NO3S/c1-11-4-5-15-14(10-12(2)20-15)16(11)13-6-8-17(9-7-13)21(3,18)19/h4-5,12-13H,6-10H2,1-3H3. The van der Waals surface area contributed by atoms with Crippen molar-refractivity contribution in [1.29, 1.82) is 0 Å². The summed E-state index contributed by atoms with van der Waals surface area (Å²) >= 11 is 0. The first-order valence-corrected chi connectivity index (χ1v) is 9.45. The third-order valence-corrected chi connectivity index (χ3v) is 5.99. The molecule has 2 aliphatic heterocycles. The van der Waals surface area contributed by atoms with Crippen LogP contribution in [0.25, 0.3) is 0 Å². The Hall–Kier alpha value is -1.07. The van der Waals surface area contributed by atoms with Gasteiger partial charge in [0.2, 0.25) is 10.0 Å². The molecule has 0 N–H and O–H groups in total. The third-order valence-electron chi connectivity index (χ3n) is 4.68. The molecule has 1 unspecified atom stereocenters. The van der Waals surface area contributed by atoms with Gasteiger partial charge in [0.05, 0.1) is 6.26 Å². The first kappa shape index (κ1) is 14.9. The van der Waals surface area contributed by atoms with Crippen LogP contribution < -0.4 is 4.74 Å². The highest BCUT2D eigenvalue weighted by molar-refractivity contribution is 7.88. The Kier molecular flexibility index (Phi) is 3.74. The largest absolute Gasteiger partial charge is 0.490 e. The van der Waals surface area contributed by atoms with E-state index in [1.165, 1.54) is 22.9 Å². The van der Waals surface area contributed by atoms with E-state index in [1.54, 1.807) is 4.31 Å². The molecule has 1 fully saturated rings. The predicted octanol–water partition coefficient (Wildman–Crippen LogP) is 2.46. The van der Waals surface area contributed by atoms with Gasteiger partial charge in [0, 0.05) is 25.1 Å². The van der Waals surface area contributed by atoms with Gasteiger partial charge in [-0.2, -0.15) is 0 Å². The molecule has 2 aliphatic rings. The molecule has 2 heterocycles. The minimum absolute atomic E-state index is 0.247. The number of rotatable bonds is 2. The Morgan fingerprint density at radius 3 is 2.52 bits per heavy atom. The molecule has 0 amide bonds. The Balaban J connectivity index is 1.85. The summed E-state index contributed by atoms with van der Waals surface area (Å²) in [6, 6.07) is 4.21. The monoisotopic (exact) mass is 309 g/mol. The number of hydrogen-bond acceptors (Lipinski definition) is 3. The minimum atomic E-state index is -3.05. The van der Waals surface area contributed by atoms with E-state index in [0.717, 1.165) is 25.0 Å². The lowest BCUT2D eigenvalue weighted by atomic mass is 9.83. The lowest BCUT2D eigenvalue weighted by Gasteiger charge is -2.32. The highest BCUT2D eigenvalue weighted by atomic mass is 32.2. The summed E-state index contributed by atoms with van der Waals surface area (Å²) in [6.45, 7) is 5.51. The van der Waals surface area contributed by atoms with Crippen LogP contribution in [0.1, 0.15) is 42.4 Å². The normalized spacial score (nSPS) is 23.9. The lowest BCUT2D eigenvalue weighted by Crippen LogP contribution is -2.37. The molecule has 1 aromatic carbocycles. The van der Waals surface area contributed by atoms with Gasteiger partial charge in [-0.25, -0.2) is 12.7 Å². The molecule has 0 bridgehead atoms. The van der Waals surface area contributed by atoms with Crippen molar-refractivity contribution in [2.24, 2.45) is 0 Å². The van der Waals surface area contributed by atoms with Gasteiger partial charge in [0.1, 0.15) is 11.9 Å². The second-order valence-electron chi connectivity index (χ2n) is 6.34. The van der Waals surface area contributed by atoms with E-state index >= 15 is 0 Å². The first-order chi connectivity index (χ1) is 9.86. The summed E-state index contributed by atoms with van der Waals surface area (Å²) in [4.78, 5) is 0. The lowest BCUT2D eigenvalue weighted by molar-refractivity contribution is 0.254. The van der Waals surface area contributed by atoms with Crippen LogP contribution in [0.15, 0.2) is 12.1 Å². The number of sulfonamides is 1. The van der Waals surface area contributed by atoms with Crippen LogP contribution in [-0.4, -0.2) is 38.2 Å². The molecule has 0 spiro atoms. The molecule has 1 atom stereocenters. The van der Waals surface area contributed by atoms with E-state index in [2.05, 4.69) is 26.0 Å². The number of aryl methyl sites for hydroxylation is 1. The van der Waals surface area contributed by atoms with Crippen molar-refractivity contribution in [2.45, 2.75) is 45.1 Å². The van der Waals surface area contributed by atoms with Gasteiger partial charge < -0.3 is 4.74 Å². The Labute approximate surface area is 127 Å². The second-order valence-corrected chi connectivity index (χ2v) is 8.32. The molecule has 5 heteroatoms. The summed E-state index contributed by atoms with van der Waals surface area (Å²) in [5.41, 5.74) is 4.06. The van der Waals surface area contributed by atoms with E-state index < -0.39 is 10.0 Å². The maximum atomic E-state index is 11.6. The summed E-state index contributed by atoms with van der Waals surface area (Å²) in [5, 5.41) is 0. The molecule has 1 saturated heterocycles. The SMILES string of the molecule is Cc1ccc2c(c1C1CCN(S(C)(=O)=O)CC1)CC(C)O2. The molecule has 21 heavy (non-hydrogen) atoms. The number of ether oxygens (including phenoxy) is 1. The van der Waals surface area contributed by atoms with Crippen molar-refractivity contribution >= 4 is 10.0 Å². The predicted molar refractivity (Wildman–Crippen MR) is 83.4 cm³/mol. The van der Waals surface area contributed by atoms with Crippen molar-refractivity contribution in [1.82, 2.24) is 4.31 Å². The maximum Gasteiger partial charge on any atom is 0.211 e. The van der Waals surface area contributed by atoms with Crippen LogP contribution in [0.2, 0.25) is 0 Å². The minimum Gasteiger partial charge on any atom is -0.490 e. The van der Waals surface area contributed by atoms with Crippen molar-refractivity contribution in [3.63, 3.8) is 0 Å². The average Bonchev–Trinajstić information content (AvgIpc) is 2.78. The smallest absolute Gasteiger partial charge is 0.211 e. The van der Waals surface area contributed by atoms with Crippen molar-refractivity contribution in [3.8, 4) is 5.75 Å². The number of nitrogens with zero attached hydrogens (tertiary/aromatic N) is 1. The van der Waals surface area contributed by atoms with Gasteiger partial charge in [-0.15, -0.1) is 0 Å². The zero-order chi connectivity index (χ0) is 15.2. The fourth-order valence-electron chi connectivity index (χ4n) is 3.67. The van der Waals surface area contributed by atoms with Gasteiger partial charge in [0.25, 0.3) is 0 Å². The van der Waals surface area contributed by atoms with Crippen molar-refractivity contribution in [3.05, 3.63) is 28.8 Å². The van der Waals surface area contributed by atoms with E-state index in [4.69, 9.17) is 4.74 Å². The fourth-order valence-corrected chi connectivity index (χ4v) is 4.55. The number of benzene rings is 1. The Bertz CT molecular complexity index is 646. The van der Waals surface area contributed by atoms with E-state index in [0.29, 0.717) is 19.0 Å². The van der Waals surface area contributed by atoms with E-state index in [9.17, 15) is 8.42 Å². The topological polar surface area (TPSA) is 46.6 Å². The van der Waals surface area contributed by atoms with Crippen LogP contribution in [0.5, 0.6) is 5.75 Å². The summed E-state index contributed by atoms with van der Waals surface area (Å²) in [7, 11) is -3.05. The Morgan fingerprint density at radius 1 is 1.24 bits per heavy atom. The van der Waals surface area contributed by atoms with Gasteiger partial charge >= 0.3 is 0 Å². The summed E-state index contributed by atoms with van der Waals surface area (Å²) in [5.74, 6) is 1.47. The molecular formula is C16H23NO3S. The quantitative estimate of drug-likeness (QED) is 0.843. The zero-order valence-corrected chi connectivity index (χ0v) is 13.7. The molecule has 0 aromatic heterocycles. The molecule has 116 valence electrons. The van der Waals surface area contributed by atoms with E-state index in [-0.39, 0.29) is 6.10 Å². The molecule has 0 aliphatic carbocycles. The molecular weight excluding hydrogens is 286 g/mol. The van der Waals surface area contributed by atoms with Crippen LogP contribution in [0.4, 0.5) is 0 Å². The average molecular weight is 309 g/mol. The second kappa shape index (κ2) is 5.29. The number of hydrogen-bond donors (Lipinski definition) is 0. The van der Waals surface area contributed by atoms with Crippen LogP contribution in [0, 0.1) is 6.92 Å². The highest BCUT2D eigenvalue weighted by Gasteiger charge is 2.31. The summed E-state index contributed by atoms with van der Waals surface area (Å²) < 4.78 is 30.7. The molecule has 4 nitrogen and oxygen atoms in total. The van der Waals surface area contributed by atoms with Gasteiger partial charge in [-0.05, 0) is 49.8 Å². The highest BCUT2D eigenvalue weighted by Crippen LogP contribution is 2.40. The molecule has 0 radical (unpaired) electrons. The van der Waals surface area contributed by atoms with Gasteiger partial charge in [-0.1, -0.05) is 6.07 Å². The van der Waals surface area contributed by atoms with Gasteiger partial charge in [0.15, 0.2) is 0 Å². The maximum absolute atomic E-state index is 11.6. The fraction of sp³-hybridized carbons (Fsp3) is 0.625. The third kappa shape index (κ3) is 2.81. The van der Waals surface area contributed by atoms with Crippen LogP contribution in [0.3, 0.4) is 0 Å². The zero-order valence-electron chi connectivity index (χ0n) is 12.9. The Morgan fingerprint density at radius 2 is 1.90 bits per heavy atom. The first-order valence-electron chi connectivity index (χ1n) is 7.60. The van der Waals surface area contributed by atoms with Crippen molar-refractivity contribution < 1.29 is 13.2 Å². The number of piperidine rings is 1. The number of fused-ring (bicyclic) bond motifs is 1.